The van der Waals surface area contributed by atoms with E-state index in [0.29, 0.717) is 19.1 Å². The lowest BCUT2D eigenvalue weighted by molar-refractivity contribution is 0.185. The number of hydrogen-bond donors (Lipinski definition) is 2. The molecule has 0 spiro atoms. The number of rotatable bonds is 6. The van der Waals surface area contributed by atoms with Crippen LogP contribution in [0.4, 0.5) is 11.4 Å². The number of aliphatic imine (C=N–C) groups is 1. The zero-order valence-electron chi connectivity index (χ0n) is 15.4. The monoisotopic (exact) mass is 352 g/mol. The fourth-order valence-corrected chi connectivity index (χ4v) is 3.36. The highest BCUT2D eigenvalue weighted by Crippen LogP contribution is 2.24. The first kappa shape index (κ1) is 18.3. The first-order valence-corrected chi connectivity index (χ1v) is 9.24. The number of ether oxygens (including phenoxy) is 1. The number of para-hydroxylation sites is 2. The first-order chi connectivity index (χ1) is 12.8. The molecule has 3 rings (SSSR count). The van der Waals surface area contributed by atoms with Gasteiger partial charge < -0.3 is 20.7 Å². The van der Waals surface area contributed by atoms with Gasteiger partial charge in [0.15, 0.2) is 5.96 Å². The number of hydrogen-bond acceptors (Lipinski definition) is 3. The van der Waals surface area contributed by atoms with Crippen molar-refractivity contribution in [2.45, 2.75) is 32.4 Å². The number of nitrogens with one attached hydrogen (secondary N) is 1. The molecular weight excluding hydrogens is 324 g/mol. The van der Waals surface area contributed by atoms with Crippen LogP contribution >= 0.6 is 0 Å². The molecule has 1 fully saturated rings. The van der Waals surface area contributed by atoms with E-state index in [2.05, 4.69) is 39.5 Å². The summed E-state index contributed by atoms with van der Waals surface area (Å²) in [5.74, 6) is 0.419. The number of nitrogens with zero attached hydrogens (tertiary/aromatic N) is 2. The molecule has 2 aromatic rings. The third-order valence-corrected chi connectivity index (χ3v) is 4.69. The summed E-state index contributed by atoms with van der Waals surface area (Å²) in [6.45, 7) is 3.35. The molecule has 1 aliphatic heterocycles. The van der Waals surface area contributed by atoms with E-state index in [1.807, 2.05) is 24.3 Å². The molecule has 0 atom stereocenters. The lowest BCUT2D eigenvalue weighted by atomic mass is 10.1. The Labute approximate surface area is 155 Å². The summed E-state index contributed by atoms with van der Waals surface area (Å²) >= 11 is 0. The highest BCUT2D eigenvalue weighted by molar-refractivity contribution is 5.93. The van der Waals surface area contributed by atoms with E-state index >= 15 is 0 Å². The summed E-state index contributed by atoms with van der Waals surface area (Å²) < 4.78 is 5.24. The van der Waals surface area contributed by atoms with Gasteiger partial charge in [-0.25, -0.2) is 4.99 Å². The molecule has 0 unspecified atom stereocenters. The van der Waals surface area contributed by atoms with Crippen molar-refractivity contribution in [3.05, 3.63) is 59.7 Å². The van der Waals surface area contributed by atoms with Gasteiger partial charge in [0, 0.05) is 37.1 Å². The Morgan fingerprint density at radius 3 is 2.50 bits per heavy atom. The maximum Gasteiger partial charge on any atom is 0.193 e. The molecule has 0 saturated carbocycles. The van der Waals surface area contributed by atoms with Gasteiger partial charge in [0.2, 0.25) is 0 Å². The van der Waals surface area contributed by atoms with E-state index in [0.717, 1.165) is 24.3 Å². The molecule has 2 aromatic carbocycles. The van der Waals surface area contributed by atoms with Crippen LogP contribution in [0.2, 0.25) is 0 Å². The Bertz CT molecular complexity index is 738. The first-order valence-electron chi connectivity index (χ1n) is 9.24. The summed E-state index contributed by atoms with van der Waals surface area (Å²) in [4.78, 5) is 7.03. The van der Waals surface area contributed by atoms with Crippen molar-refractivity contribution in [1.82, 2.24) is 0 Å². The smallest absolute Gasteiger partial charge is 0.193 e. The van der Waals surface area contributed by atoms with Gasteiger partial charge >= 0.3 is 0 Å². The van der Waals surface area contributed by atoms with Gasteiger partial charge in [-0.1, -0.05) is 36.4 Å². The van der Waals surface area contributed by atoms with Crippen molar-refractivity contribution in [2.24, 2.45) is 10.7 Å². The van der Waals surface area contributed by atoms with Crippen LogP contribution in [0.5, 0.6) is 0 Å². The zero-order chi connectivity index (χ0) is 18.2. The van der Waals surface area contributed by atoms with E-state index in [4.69, 9.17) is 10.5 Å². The molecule has 1 saturated heterocycles. The Hall–Kier alpha value is -2.53. The zero-order valence-corrected chi connectivity index (χ0v) is 15.4. The van der Waals surface area contributed by atoms with Crippen LogP contribution in [-0.2, 0) is 17.9 Å². The summed E-state index contributed by atoms with van der Waals surface area (Å²) in [6, 6.07) is 16.5. The Morgan fingerprint density at radius 2 is 1.73 bits per heavy atom. The van der Waals surface area contributed by atoms with E-state index in [9.17, 15) is 0 Å². The lowest BCUT2D eigenvalue weighted by Gasteiger charge is -2.30. The second-order valence-corrected chi connectivity index (χ2v) is 6.59. The van der Waals surface area contributed by atoms with Crippen LogP contribution in [-0.4, -0.2) is 26.2 Å². The number of nitrogens with two attached hydrogens (primary N) is 1. The second kappa shape index (κ2) is 9.25. The van der Waals surface area contributed by atoms with E-state index < -0.39 is 0 Å². The molecule has 5 heteroatoms. The summed E-state index contributed by atoms with van der Waals surface area (Å²) in [5, 5.41) is 3.20. The lowest BCUT2D eigenvalue weighted by Crippen LogP contribution is -2.30. The highest BCUT2D eigenvalue weighted by atomic mass is 16.5. The van der Waals surface area contributed by atoms with Gasteiger partial charge in [0.1, 0.15) is 0 Å². The minimum atomic E-state index is 0.419. The standard InChI is InChI=1S/C21H28N4O/c1-26-16-18-10-3-5-11-19(18)24-21(22)23-15-17-9-4-6-12-20(17)25-13-7-2-8-14-25/h3-6,9-12H,2,7-8,13-16H2,1H3,(H3,22,23,24). The van der Waals surface area contributed by atoms with Crippen molar-refractivity contribution in [3.63, 3.8) is 0 Å². The van der Waals surface area contributed by atoms with Gasteiger partial charge in [-0.15, -0.1) is 0 Å². The topological polar surface area (TPSA) is 62.9 Å². The van der Waals surface area contributed by atoms with E-state index in [1.54, 1.807) is 7.11 Å². The predicted octanol–water partition coefficient (Wildman–Crippen LogP) is 3.75. The Balaban J connectivity index is 1.70. The van der Waals surface area contributed by atoms with E-state index in [-0.39, 0.29) is 0 Å². The fraction of sp³-hybridized carbons (Fsp3) is 0.381. The summed E-state index contributed by atoms with van der Waals surface area (Å²) in [5.41, 5.74) is 10.6. The van der Waals surface area contributed by atoms with Gasteiger partial charge in [0.25, 0.3) is 0 Å². The van der Waals surface area contributed by atoms with Crippen LogP contribution in [0.3, 0.4) is 0 Å². The molecule has 0 radical (unpaired) electrons. The van der Waals surface area contributed by atoms with Gasteiger partial charge in [0.05, 0.1) is 13.2 Å². The van der Waals surface area contributed by atoms with Crippen molar-refractivity contribution >= 4 is 17.3 Å². The van der Waals surface area contributed by atoms with Crippen LogP contribution < -0.4 is 16.0 Å². The van der Waals surface area contributed by atoms with Crippen molar-refractivity contribution in [3.8, 4) is 0 Å². The Kier molecular flexibility index (Phi) is 6.50. The number of piperidine rings is 1. The van der Waals surface area contributed by atoms with Crippen LogP contribution in [0.1, 0.15) is 30.4 Å². The van der Waals surface area contributed by atoms with Crippen LogP contribution in [0, 0.1) is 0 Å². The second-order valence-electron chi connectivity index (χ2n) is 6.59. The maximum atomic E-state index is 6.13. The molecule has 5 nitrogen and oxygen atoms in total. The third-order valence-electron chi connectivity index (χ3n) is 4.69. The molecule has 0 amide bonds. The van der Waals surface area contributed by atoms with Crippen molar-refractivity contribution in [1.29, 1.82) is 0 Å². The average Bonchev–Trinajstić information content (AvgIpc) is 2.69. The molecule has 26 heavy (non-hydrogen) atoms. The van der Waals surface area contributed by atoms with Gasteiger partial charge in [-0.2, -0.15) is 0 Å². The van der Waals surface area contributed by atoms with Crippen LogP contribution in [0.15, 0.2) is 53.5 Å². The minimum absolute atomic E-state index is 0.419. The summed E-state index contributed by atoms with van der Waals surface area (Å²) in [6.07, 6.45) is 3.85. The normalized spacial score (nSPS) is 15.1. The fourth-order valence-electron chi connectivity index (χ4n) is 3.36. The number of methoxy groups -OCH3 is 1. The molecule has 3 N–H and O–H groups in total. The molecular formula is C21H28N4O. The highest BCUT2D eigenvalue weighted by Gasteiger charge is 2.13. The van der Waals surface area contributed by atoms with E-state index in [1.165, 1.54) is 30.5 Å². The molecule has 0 aliphatic carbocycles. The molecule has 138 valence electrons. The molecule has 0 aromatic heterocycles. The molecule has 1 heterocycles. The molecule has 0 bridgehead atoms. The van der Waals surface area contributed by atoms with Gasteiger partial charge in [-0.05, 0) is 37.0 Å². The largest absolute Gasteiger partial charge is 0.380 e. The number of benzene rings is 2. The minimum Gasteiger partial charge on any atom is -0.380 e. The summed E-state index contributed by atoms with van der Waals surface area (Å²) in [7, 11) is 1.69. The Morgan fingerprint density at radius 1 is 1.04 bits per heavy atom. The van der Waals surface area contributed by atoms with Crippen molar-refractivity contribution < 1.29 is 4.74 Å². The van der Waals surface area contributed by atoms with Crippen molar-refractivity contribution in [2.75, 3.05) is 30.4 Å². The third kappa shape index (κ3) is 4.76. The quantitative estimate of drug-likeness (QED) is 0.614. The van der Waals surface area contributed by atoms with Crippen LogP contribution in [0.25, 0.3) is 0 Å². The predicted molar refractivity (Wildman–Crippen MR) is 109 cm³/mol. The SMILES string of the molecule is COCc1ccccc1NC(N)=NCc1ccccc1N1CCCCC1. The van der Waals surface area contributed by atoms with Gasteiger partial charge in [-0.3, -0.25) is 0 Å². The average molecular weight is 352 g/mol. The number of guanidine groups is 1. The molecule has 1 aliphatic rings. The number of anilines is 2. The maximum absolute atomic E-state index is 6.13.